The molecule has 8 nitrogen and oxygen atoms in total. The van der Waals surface area contributed by atoms with Crippen molar-refractivity contribution in [2.45, 2.75) is 63.5 Å². The second kappa shape index (κ2) is 11.0. The van der Waals surface area contributed by atoms with Crippen LogP contribution in [-0.2, 0) is 33.9 Å². The molecule has 13 heteroatoms. The lowest BCUT2D eigenvalue weighted by molar-refractivity contribution is -0.139. The van der Waals surface area contributed by atoms with E-state index in [0.717, 1.165) is 12.4 Å². The minimum absolute atomic E-state index is 0.0213. The summed E-state index contributed by atoms with van der Waals surface area (Å²) < 4.78 is 72.7. The fraction of sp³-hybridized carbons (Fsp3) is 0.400. The van der Waals surface area contributed by atoms with Crippen molar-refractivity contribution in [1.29, 1.82) is 0 Å². The standard InChI is InChI=1S/C25H29F3N4O4S2/c1-6-38(34,35)18-9-7-16(8-10-18)11-30-22(33)21-15(2)23(32(31-21)24(3,4)5)36-19-13-29-12-17(14-37)20(19)25(26,27)28/h7-10,12-13,37H,6,11,14H2,1-5H3,(H,30,33). The summed E-state index contributed by atoms with van der Waals surface area (Å²) in [6.07, 6.45) is -2.67. The number of hydrogen-bond donors (Lipinski definition) is 2. The minimum atomic E-state index is -4.72. The summed E-state index contributed by atoms with van der Waals surface area (Å²) >= 11 is 3.98. The van der Waals surface area contributed by atoms with E-state index in [1.54, 1.807) is 39.8 Å². The van der Waals surface area contributed by atoms with Crippen molar-refractivity contribution in [3.05, 3.63) is 64.6 Å². The number of hydrogen-bond acceptors (Lipinski definition) is 7. The number of ether oxygens (including phenoxy) is 1. The zero-order chi connectivity index (χ0) is 28.5. The molecule has 1 aromatic carbocycles. The Balaban J connectivity index is 1.93. The van der Waals surface area contributed by atoms with Gasteiger partial charge in [-0.1, -0.05) is 19.1 Å². The van der Waals surface area contributed by atoms with Gasteiger partial charge in [-0.15, -0.1) is 0 Å². The highest BCUT2D eigenvalue weighted by atomic mass is 32.2. The first kappa shape index (κ1) is 29.5. The van der Waals surface area contributed by atoms with Gasteiger partial charge in [0.25, 0.3) is 5.91 Å². The molecule has 2 heterocycles. The molecule has 0 bridgehead atoms. The van der Waals surface area contributed by atoms with Crippen LogP contribution in [-0.4, -0.2) is 34.8 Å². The van der Waals surface area contributed by atoms with Gasteiger partial charge in [-0.2, -0.15) is 30.9 Å². The number of nitrogens with one attached hydrogen (secondary N) is 1. The van der Waals surface area contributed by atoms with Gasteiger partial charge in [-0.05, 0) is 51.0 Å². The van der Waals surface area contributed by atoms with Crippen LogP contribution in [0.25, 0.3) is 0 Å². The van der Waals surface area contributed by atoms with Gasteiger partial charge in [0.15, 0.2) is 21.3 Å². The van der Waals surface area contributed by atoms with Crippen LogP contribution in [0, 0.1) is 6.92 Å². The van der Waals surface area contributed by atoms with Crippen molar-refractivity contribution in [3.8, 4) is 11.6 Å². The number of thiol groups is 1. The van der Waals surface area contributed by atoms with E-state index in [4.69, 9.17) is 4.74 Å². The average molecular weight is 571 g/mol. The quantitative estimate of drug-likeness (QED) is 0.356. The number of pyridine rings is 1. The van der Waals surface area contributed by atoms with Crippen LogP contribution in [0.1, 0.15) is 60.4 Å². The molecular weight excluding hydrogens is 541 g/mol. The molecule has 0 aliphatic rings. The highest BCUT2D eigenvalue weighted by Crippen LogP contribution is 2.42. The summed E-state index contributed by atoms with van der Waals surface area (Å²) in [6, 6.07) is 6.13. The summed E-state index contributed by atoms with van der Waals surface area (Å²) in [7, 11) is -3.35. The molecule has 0 unspecified atom stereocenters. The second-order valence-corrected chi connectivity index (χ2v) is 12.1. The van der Waals surface area contributed by atoms with E-state index in [1.165, 1.54) is 23.7 Å². The predicted molar refractivity (Wildman–Crippen MR) is 139 cm³/mol. The third-order valence-electron chi connectivity index (χ3n) is 5.68. The Labute approximate surface area is 224 Å². The van der Waals surface area contributed by atoms with Crippen molar-refractivity contribution in [2.75, 3.05) is 5.75 Å². The maximum Gasteiger partial charge on any atom is 0.420 e. The van der Waals surface area contributed by atoms with Crippen molar-refractivity contribution in [1.82, 2.24) is 20.1 Å². The van der Waals surface area contributed by atoms with Gasteiger partial charge in [0.2, 0.25) is 5.88 Å². The number of halogens is 3. The Morgan fingerprint density at radius 1 is 1.13 bits per heavy atom. The lowest BCUT2D eigenvalue weighted by atomic mass is 10.1. The minimum Gasteiger partial charge on any atom is -0.437 e. The average Bonchev–Trinajstić information content (AvgIpc) is 3.18. The van der Waals surface area contributed by atoms with Crippen molar-refractivity contribution < 1.29 is 31.1 Å². The molecule has 3 rings (SSSR count). The van der Waals surface area contributed by atoms with E-state index in [9.17, 15) is 26.4 Å². The number of carbonyl (C=O) groups is 1. The number of alkyl halides is 3. The summed E-state index contributed by atoms with van der Waals surface area (Å²) in [6.45, 7) is 8.48. The molecule has 2 aromatic heterocycles. The van der Waals surface area contributed by atoms with E-state index in [-0.39, 0.29) is 45.6 Å². The Hall–Kier alpha value is -3.06. The smallest absolute Gasteiger partial charge is 0.420 e. The first-order chi connectivity index (χ1) is 17.6. The monoisotopic (exact) mass is 570 g/mol. The van der Waals surface area contributed by atoms with Crippen LogP contribution in [0.2, 0.25) is 0 Å². The first-order valence-corrected chi connectivity index (χ1v) is 13.9. The normalized spacial score (nSPS) is 12.4. The fourth-order valence-electron chi connectivity index (χ4n) is 3.62. The molecule has 1 amide bonds. The number of amides is 1. The number of rotatable bonds is 8. The van der Waals surface area contributed by atoms with Gasteiger partial charge in [-0.25, -0.2) is 13.1 Å². The second-order valence-electron chi connectivity index (χ2n) is 9.52. The Bertz CT molecular complexity index is 1430. The van der Waals surface area contributed by atoms with E-state index in [0.29, 0.717) is 5.56 Å². The molecule has 1 N–H and O–H groups in total. The van der Waals surface area contributed by atoms with Gasteiger partial charge in [0, 0.05) is 24.1 Å². The topological polar surface area (TPSA) is 103 Å². The molecular formula is C25H29F3N4O4S2. The van der Waals surface area contributed by atoms with Crippen LogP contribution in [0.15, 0.2) is 41.6 Å². The van der Waals surface area contributed by atoms with Crippen LogP contribution in [0.3, 0.4) is 0 Å². The number of nitrogens with zero attached hydrogens (tertiary/aromatic N) is 3. The van der Waals surface area contributed by atoms with Gasteiger partial charge in [0.05, 0.1) is 22.4 Å². The van der Waals surface area contributed by atoms with Crippen molar-refractivity contribution in [2.24, 2.45) is 0 Å². The summed E-state index contributed by atoms with van der Waals surface area (Å²) in [5.74, 6) is -1.34. The molecule has 3 aromatic rings. The first-order valence-electron chi connectivity index (χ1n) is 11.6. The zero-order valence-corrected chi connectivity index (χ0v) is 23.3. The number of aromatic nitrogens is 3. The third kappa shape index (κ3) is 6.32. The molecule has 0 spiro atoms. The van der Waals surface area contributed by atoms with Crippen LogP contribution >= 0.6 is 12.6 Å². The highest BCUT2D eigenvalue weighted by molar-refractivity contribution is 7.91. The molecule has 0 aliphatic carbocycles. The fourth-order valence-corrected chi connectivity index (χ4v) is 4.75. The lowest BCUT2D eigenvalue weighted by Gasteiger charge is -2.23. The van der Waals surface area contributed by atoms with E-state index < -0.39 is 38.8 Å². The Morgan fingerprint density at radius 2 is 1.76 bits per heavy atom. The van der Waals surface area contributed by atoms with Gasteiger partial charge < -0.3 is 10.1 Å². The number of carbonyl (C=O) groups excluding carboxylic acids is 1. The van der Waals surface area contributed by atoms with Crippen LogP contribution < -0.4 is 10.1 Å². The van der Waals surface area contributed by atoms with Crippen LogP contribution in [0.4, 0.5) is 13.2 Å². The summed E-state index contributed by atoms with van der Waals surface area (Å²) in [5, 5.41) is 7.08. The zero-order valence-electron chi connectivity index (χ0n) is 21.5. The molecule has 0 atom stereocenters. The number of benzene rings is 1. The lowest BCUT2D eigenvalue weighted by Crippen LogP contribution is -2.26. The highest BCUT2D eigenvalue weighted by Gasteiger charge is 2.38. The van der Waals surface area contributed by atoms with E-state index in [1.807, 2.05) is 0 Å². The maximum absolute atomic E-state index is 13.9. The van der Waals surface area contributed by atoms with Crippen molar-refractivity contribution in [3.63, 3.8) is 0 Å². The Kier molecular flexibility index (Phi) is 8.51. The maximum atomic E-state index is 13.9. The number of sulfone groups is 1. The summed E-state index contributed by atoms with van der Waals surface area (Å²) in [5.41, 5.74) is -1.01. The molecule has 0 saturated carbocycles. The molecule has 206 valence electrons. The van der Waals surface area contributed by atoms with E-state index in [2.05, 4.69) is 28.0 Å². The molecule has 0 aliphatic heterocycles. The SMILES string of the molecule is CCS(=O)(=O)c1ccc(CNC(=O)c2nn(C(C)(C)C)c(Oc3cncc(CS)c3C(F)(F)F)c2C)cc1. The third-order valence-corrected chi connectivity index (χ3v) is 7.78. The molecule has 0 radical (unpaired) electrons. The Morgan fingerprint density at radius 3 is 2.29 bits per heavy atom. The molecule has 38 heavy (non-hydrogen) atoms. The van der Waals surface area contributed by atoms with Crippen LogP contribution in [0.5, 0.6) is 11.6 Å². The van der Waals surface area contributed by atoms with Gasteiger partial charge >= 0.3 is 6.18 Å². The van der Waals surface area contributed by atoms with Gasteiger partial charge in [0.1, 0.15) is 5.56 Å². The van der Waals surface area contributed by atoms with Crippen molar-refractivity contribution >= 4 is 28.4 Å². The molecule has 0 saturated heterocycles. The van der Waals surface area contributed by atoms with E-state index >= 15 is 0 Å². The molecule has 0 fully saturated rings. The largest absolute Gasteiger partial charge is 0.437 e. The predicted octanol–water partition coefficient (Wildman–Crippen LogP) is 5.31. The van der Waals surface area contributed by atoms with Gasteiger partial charge in [-0.3, -0.25) is 9.78 Å². The summed E-state index contributed by atoms with van der Waals surface area (Å²) in [4.78, 5) is 17.1.